The monoisotopic (exact) mass is 283 g/mol. The zero-order chi connectivity index (χ0) is 15.0. The summed E-state index contributed by atoms with van der Waals surface area (Å²) in [7, 11) is 1.68. The van der Waals surface area contributed by atoms with E-state index in [-0.39, 0.29) is 11.7 Å². The first-order chi connectivity index (χ1) is 10.1. The van der Waals surface area contributed by atoms with Crippen LogP contribution in [0.1, 0.15) is 18.1 Å². The summed E-state index contributed by atoms with van der Waals surface area (Å²) in [5, 5.41) is 0. The minimum atomic E-state index is -0.572. The normalized spacial score (nSPS) is 18.0. The van der Waals surface area contributed by atoms with Crippen LogP contribution in [0.5, 0.6) is 0 Å². The van der Waals surface area contributed by atoms with E-state index < -0.39 is 6.04 Å². The first kappa shape index (κ1) is 13.4. The first-order valence-electron chi connectivity index (χ1n) is 6.64. The van der Waals surface area contributed by atoms with Crippen LogP contribution in [0.4, 0.5) is 10.1 Å². The van der Waals surface area contributed by atoms with Gasteiger partial charge >= 0.3 is 0 Å². The van der Waals surface area contributed by atoms with Crippen LogP contribution in [0.2, 0.25) is 0 Å². The second-order valence-electron chi connectivity index (χ2n) is 4.92. The third kappa shape index (κ3) is 2.20. The quantitative estimate of drug-likeness (QED) is 0.807. The Kier molecular flexibility index (Phi) is 3.25. The van der Waals surface area contributed by atoms with Gasteiger partial charge in [0.1, 0.15) is 11.9 Å². The zero-order valence-corrected chi connectivity index (χ0v) is 11.7. The maximum atomic E-state index is 14.1. The maximum Gasteiger partial charge on any atom is 0.251 e. The number of likely N-dealkylation sites (N-methyl/N-ethyl adjacent to an activating group) is 1. The number of benzene rings is 1. The molecule has 1 aromatic heterocycles. The van der Waals surface area contributed by atoms with Crippen LogP contribution in [0, 0.1) is 5.82 Å². The molecule has 21 heavy (non-hydrogen) atoms. The van der Waals surface area contributed by atoms with Gasteiger partial charge in [-0.05, 0) is 25.1 Å². The Morgan fingerprint density at radius 2 is 1.95 bits per heavy atom. The van der Waals surface area contributed by atoms with Gasteiger partial charge in [-0.15, -0.1) is 0 Å². The Hall–Kier alpha value is -2.56. The van der Waals surface area contributed by atoms with E-state index in [1.54, 1.807) is 50.6 Å². The smallest absolute Gasteiger partial charge is 0.251 e. The van der Waals surface area contributed by atoms with Crippen LogP contribution < -0.4 is 4.90 Å². The molecule has 4 nitrogen and oxygen atoms in total. The molecule has 0 bridgehead atoms. The van der Waals surface area contributed by atoms with Gasteiger partial charge in [0.2, 0.25) is 0 Å². The lowest BCUT2D eigenvalue weighted by molar-refractivity contribution is -0.119. The van der Waals surface area contributed by atoms with Crippen molar-refractivity contribution in [1.82, 2.24) is 4.98 Å². The van der Waals surface area contributed by atoms with Crippen molar-refractivity contribution in [2.45, 2.75) is 13.0 Å². The predicted octanol–water partition coefficient (Wildman–Crippen LogP) is 2.42. The number of halogens is 1. The molecule has 2 aromatic rings. The lowest BCUT2D eigenvalue weighted by Gasteiger charge is -2.18. The highest BCUT2D eigenvalue weighted by molar-refractivity contribution is 6.19. The predicted molar refractivity (Wildman–Crippen MR) is 79.1 cm³/mol. The second kappa shape index (κ2) is 5.09. The summed E-state index contributed by atoms with van der Waals surface area (Å²) in [6.45, 7) is 1.71. The zero-order valence-electron chi connectivity index (χ0n) is 11.7. The highest BCUT2D eigenvalue weighted by Gasteiger charge is 2.28. The molecule has 0 saturated carbocycles. The number of hydrogen-bond donors (Lipinski definition) is 0. The molecule has 0 spiro atoms. The molecule has 5 heteroatoms. The molecule has 1 amide bonds. The summed E-state index contributed by atoms with van der Waals surface area (Å²) in [4.78, 5) is 22.3. The van der Waals surface area contributed by atoms with Crippen molar-refractivity contribution in [2.75, 3.05) is 11.9 Å². The van der Waals surface area contributed by atoms with Crippen molar-refractivity contribution in [3.63, 3.8) is 0 Å². The van der Waals surface area contributed by atoms with Crippen LogP contribution in [0.3, 0.4) is 0 Å². The summed E-state index contributed by atoms with van der Waals surface area (Å²) in [6.07, 6.45) is 3.21. The fraction of sp³-hybridized carbons (Fsp3) is 0.188. The Morgan fingerprint density at radius 3 is 2.71 bits per heavy atom. The van der Waals surface area contributed by atoms with E-state index in [2.05, 4.69) is 9.98 Å². The number of carbonyl (C=O) groups is 1. The third-order valence-electron chi connectivity index (χ3n) is 3.56. The average Bonchev–Trinajstić information content (AvgIpc) is 2.59. The van der Waals surface area contributed by atoms with Crippen molar-refractivity contribution in [1.29, 1.82) is 0 Å². The van der Waals surface area contributed by atoms with E-state index in [0.29, 0.717) is 22.5 Å². The number of anilines is 1. The average molecular weight is 283 g/mol. The Morgan fingerprint density at radius 1 is 1.19 bits per heavy atom. The molecule has 0 fully saturated rings. The van der Waals surface area contributed by atoms with Crippen LogP contribution in [0.25, 0.3) is 0 Å². The topological polar surface area (TPSA) is 45.6 Å². The van der Waals surface area contributed by atoms with Gasteiger partial charge in [-0.25, -0.2) is 4.39 Å². The number of nitrogens with zero attached hydrogens (tertiary/aromatic N) is 3. The summed E-state index contributed by atoms with van der Waals surface area (Å²) in [5.41, 5.74) is 2.21. The van der Waals surface area contributed by atoms with Gasteiger partial charge in [-0.2, -0.15) is 0 Å². The van der Waals surface area contributed by atoms with Crippen molar-refractivity contribution in [3.05, 3.63) is 59.7 Å². The standard InChI is InChI=1S/C16H14FN3O/c1-10-16(21)20(2)14-9-18-8-7-12(14)15(19-10)11-5-3-4-6-13(11)17/h3-10H,1-2H3. The fourth-order valence-electron chi connectivity index (χ4n) is 2.44. The number of hydrogen-bond acceptors (Lipinski definition) is 3. The van der Waals surface area contributed by atoms with Crippen molar-refractivity contribution in [3.8, 4) is 0 Å². The van der Waals surface area contributed by atoms with Crippen LogP contribution in [-0.2, 0) is 4.79 Å². The molecule has 1 unspecified atom stereocenters. The van der Waals surface area contributed by atoms with E-state index >= 15 is 0 Å². The molecule has 2 heterocycles. The molecule has 1 aliphatic rings. The molecule has 0 N–H and O–H groups in total. The molecule has 0 radical (unpaired) electrons. The van der Waals surface area contributed by atoms with Crippen LogP contribution in [-0.4, -0.2) is 29.7 Å². The van der Waals surface area contributed by atoms with Crippen molar-refractivity contribution in [2.24, 2.45) is 4.99 Å². The summed E-state index contributed by atoms with van der Waals surface area (Å²) >= 11 is 0. The number of pyridine rings is 1. The van der Waals surface area contributed by atoms with Gasteiger partial charge in [-0.1, -0.05) is 12.1 Å². The highest BCUT2D eigenvalue weighted by atomic mass is 19.1. The number of carbonyl (C=O) groups excluding carboxylic acids is 1. The van der Waals surface area contributed by atoms with Gasteiger partial charge in [0, 0.05) is 24.4 Å². The third-order valence-corrected chi connectivity index (χ3v) is 3.56. The second-order valence-corrected chi connectivity index (χ2v) is 4.92. The first-order valence-corrected chi connectivity index (χ1v) is 6.64. The summed E-state index contributed by atoms with van der Waals surface area (Å²) < 4.78 is 14.1. The highest BCUT2D eigenvalue weighted by Crippen LogP contribution is 2.27. The van der Waals surface area contributed by atoms with E-state index in [4.69, 9.17) is 0 Å². The lowest BCUT2D eigenvalue weighted by Crippen LogP contribution is -2.33. The molecule has 1 aliphatic heterocycles. The van der Waals surface area contributed by atoms with Crippen molar-refractivity contribution >= 4 is 17.3 Å². The molecule has 1 aromatic carbocycles. The lowest BCUT2D eigenvalue weighted by atomic mass is 10.0. The van der Waals surface area contributed by atoms with Gasteiger partial charge < -0.3 is 4.90 Å². The molecule has 0 saturated heterocycles. The minimum Gasteiger partial charge on any atom is -0.312 e. The largest absolute Gasteiger partial charge is 0.312 e. The maximum absolute atomic E-state index is 14.1. The molecule has 106 valence electrons. The molecule has 1 atom stereocenters. The Bertz CT molecular complexity index is 742. The van der Waals surface area contributed by atoms with Crippen molar-refractivity contribution < 1.29 is 9.18 Å². The van der Waals surface area contributed by atoms with Crippen LogP contribution in [0.15, 0.2) is 47.7 Å². The molecular weight excluding hydrogens is 269 g/mol. The fourth-order valence-corrected chi connectivity index (χ4v) is 2.44. The van der Waals surface area contributed by atoms with Gasteiger partial charge in [0.25, 0.3) is 5.91 Å². The molecule has 0 aliphatic carbocycles. The van der Waals surface area contributed by atoms with Gasteiger partial charge in [-0.3, -0.25) is 14.8 Å². The van der Waals surface area contributed by atoms with E-state index in [9.17, 15) is 9.18 Å². The summed E-state index contributed by atoms with van der Waals surface area (Å²) in [6, 6.07) is 7.62. The minimum absolute atomic E-state index is 0.143. The Balaban J connectivity index is 2.28. The SMILES string of the molecule is CC1N=C(c2ccccc2F)c2ccncc2N(C)C1=O. The van der Waals surface area contributed by atoms with Gasteiger partial charge in [0.15, 0.2) is 0 Å². The van der Waals surface area contributed by atoms with Gasteiger partial charge in [0.05, 0.1) is 17.6 Å². The number of rotatable bonds is 1. The summed E-state index contributed by atoms with van der Waals surface area (Å²) in [5.74, 6) is -0.501. The van der Waals surface area contributed by atoms with E-state index in [0.717, 1.165) is 0 Å². The number of amides is 1. The Labute approximate surface area is 122 Å². The molecular formula is C16H14FN3O. The number of aliphatic imine (C=N–C) groups is 1. The van der Waals surface area contributed by atoms with E-state index in [1.165, 1.54) is 11.0 Å². The van der Waals surface area contributed by atoms with E-state index in [1.807, 2.05) is 0 Å². The van der Waals surface area contributed by atoms with Crippen LogP contribution >= 0.6 is 0 Å². The number of aromatic nitrogens is 1. The molecule has 3 rings (SSSR count). The number of fused-ring (bicyclic) bond motifs is 1.